The first-order valence-electron chi connectivity index (χ1n) is 5.80. The maximum absolute atomic E-state index is 10.4. The highest BCUT2D eigenvalue weighted by molar-refractivity contribution is 9.10. The van der Waals surface area contributed by atoms with Gasteiger partial charge in [0.1, 0.15) is 11.9 Å². The minimum absolute atomic E-state index is 0.627. The van der Waals surface area contributed by atoms with Gasteiger partial charge in [-0.3, -0.25) is 0 Å². The number of aliphatic hydroxyl groups is 1. The van der Waals surface area contributed by atoms with Crippen LogP contribution in [0.3, 0.4) is 0 Å². The molecule has 2 rings (SSSR count). The second-order valence-electron chi connectivity index (χ2n) is 4.31. The van der Waals surface area contributed by atoms with E-state index in [-0.39, 0.29) is 0 Å². The Morgan fingerprint density at radius 3 is 2.37 bits per heavy atom. The first kappa shape index (κ1) is 14.4. The molecule has 1 N–H and O–H groups in total. The van der Waals surface area contributed by atoms with Gasteiger partial charge in [0.15, 0.2) is 0 Å². The van der Waals surface area contributed by atoms with Crippen LogP contribution in [0.4, 0.5) is 0 Å². The average Bonchev–Trinajstić information content (AvgIpc) is 2.41. The average molecular weight is 342 g/mol. The zero-order valence-electron chi connectivity index (χ0n) is 10.7. The predicted molar refractivity (Wildman–Crippen MR) is 80.9 cm³/mol. The number of ether oxygens (including phenoxy) is 1. The molecule has 0 amide bonds. The molecular formula is C15H14BrClO2. The van der Waals surface area contributed by atoms with E-state index in [0.29, 0.717) is 5.02 Å². The molecule has 0 spiro atoms. The fourth-order valence-electron chi connectivity index (χ4n) is 1.95. The van der Waals surface area contributed by atoms with E-state index in [4.69, 9.17) is 16.3 Å². The van der Waals surface area contributed by atoms with Crippen molar-refractivity contribution in [3.05, 3.63) is 62.6 Å². The summed E-state index contributed by atoms with van der Waals surface area (Å²) >= 11 is 9.31. The number of aliphatic hydroxyl groups excluding tert-OH is 1. The van der Waals surface area contributed by atoms with Gasteiger partial charge in [-0.05, 0) is 63.8 Å². The topological polar surface area (TPSA) is 29.5 Å². The minimum Gasteiger partial charge on any atom is -0.496 e. The van der Waals surface area contributed by atoms with Crippen molar-refractivity contribution in [2.75, 3.05) is 7.11 Å². The minimum atomic E-state index is -0.682. The fraction of sp³-hybridized carbons (Fsp3) is 0.200. The summed E-state index contributed by atoms with van der Waals surface area (Å²) in [5.74, 6) is 0.813. The maximum Gasteiger partial charge on any atom is 0.121 e. The lowest BCUT2D eigenvalue weighted by atomic mass is 10.00. The van der Waals surface area contributed by atoms with E-state index in [1.165, 1.54) is 0 Å². The van der Waals surface area contributed by atoms with Crippen LogP contribution in [0.5, 0.6) is 5.75 Å². The molecule has 1 atom stereocenters. The second-order valence-corrected chi connectivity index (χ2v) is 5.57. The molecule has 1 unspecified atom stereocenters. The lowest BCUT2D eigenvalue weighted by molar-refractivity contribution is 0.220. The SMILES string of the molecule is COc1ccc(C(O)c2ccc(Cl)c(Br)c2)cc1C. The zero-order valence-corrected chi connectivity index (χ0v) is 13.0. The molecule has 0 aliphatic heterocycles. The summed E-state index contributed by atoms with van der Waals surface area (Å²) in [6.45, 7) is 1.95. The normalized spacial score (nSPS) is 12.3. The molecular weight excluding hydrogens is 328 g/mol. The van der Waals surface area contributed by atoms with Gasteiger partial charge < -0.3 is 9.84 Å². The Morgan fingerprint density at radius 1 is 1.16 bits per heavy atom. The van der Waals surface area contributed by atoms with Gasteiger partial charge in [-0.2, -0.15) is 0 Å². The van der Waals surface area contributed by atoms with Crippen LogP contribution >= 0.6 is 27.5 Å². The Balaban J connectivity index is 2.35. The van der Waals surface area contributed by atoms with Crippen molar-refractivity contribution in [2.45, 2.75) is 13.0 Å². The third kappa shape index (κ3) is 3.11. The lowest BCUT2D eigenvalue weighted by Crippen LogP contribution is -2.00. The van der Waals surface area contributed by atoms with Crippen molar-refractivity contribution < 1.29 is 9.84 Å². The van der Waals surface area contributed by atoms with Crippen LogP contribution in [0.15, 0.2) is 40.9 Å². The summed E-state index contributed by atoms with van der Waals surface area (Å²) < 4.78 is 5.99. The summed E-state index contributed by atoms with van der Waals surface area (Å²) in [6.07, 6.45) is -0.682. The number of rotatable bonds is 3. The third-order valence-corrected chi connectivity index (χ3v) is 4.21. The number of aryl methyl sites for hydroxylation is 1. The summed E-state index contributed by atoms with van der Waals surface area (Å²) in [7, 11) is 1.63. The van der Waals surface area contributed by atoms with Crippen LogP contribution in [-0.2, 0) is 0 Å². The van der Waals surface area contributed by atoms with Gasteiger partial charge in [0, 0.05) is 4.47 Å². The molecule has 0 bridgehead atoms. The molecule has 0 saturated heterocycles. The Labute approximate surface area is 126 Å². The number of halogens is 2. The van der Waals surface area contributed by atoms with Crippen LogP contribution in [0.25, 0.3) is 0 Å². The van der Waals surface area contributed by atoms with E-state index in [9.17, 15) is 5.11 Å². The zero-order chi connectivity index (χ0) is 14.0. The van der Waals surface area contributed by atoms with Crippen molar-refractivity contribution in [1.82, 2.24) is 0 Å². The highest BCUT2D eigenvalue weighted by Crippen LogP contribution is 2.30. The van der Waals surface area contributed by atoms with Crippen LogP contribution in [-0.4, -0.2) is 12.2 Å². The largest absolute Gasteiger partial charge is 0.496 e. The monoisotopic (exact) mass is 340 g/mol. The number of hydrogen-bond donors (Lipinski definition) is 1. The summed E-state index contributed by atoms with van der Waals surface area (Å²) in [6, 6.07) is 11.0. The molecule has 0 saturated carbocycles. The first-order chi connectivity index (χ1) is 9.02. The number of methoxy groups -OCH3 is 1. The number of hydrogen-bond acceptors (Lipinski definition) is 2. The van der Waals surface area contributed by atoms with Crippen LogP contribution in [0.1, 0.15) is 22.8 Å². The smallest absolute Gasteiger partial charge is 0.121 e. The highest BCUT2D eigenvalue weighted by Gasteiger charge is 2.13. The Hall–Kier alpha value is -1.03. The molecule has 0 radical (unpaired) electrons. The Kier molecular flexibility index (Phi) is 4.50. The van der Waals surface area contributed by atoms with Crippen molar-refractivity contribution in [3.63, 3.8) is 0 Å². The molecule has 0 fully saturated rings. The predicted octanol–water partition coefficient (Wildman–Crippen LogP) is 4.50. The first-order valence-corrected chi connectivity index (χ1v) is 6.97. The molecule has 0 aliphatic carbocycles. The highest BCUT2D eigenvalue weighted by atomic mass is 79.9. The van der Waals surface area contributed by atoms with Crippen molar-refractivity contribution in [1.29, 1.82) is 0 Å². The van der Waals surface area contributed by atoms with E-state index in [2.05, 4.69) is 15.9 Å². The van der Waals surface area contributed by atoms with Crippen LogP contribution in [0, 0.1) is 6.92 Å². The van der Waals surface area contributed by atoms with Crippen LogP contribution < -0.4 is 4.74 Å². The molecule has 0 heterocycles. The van der Waals surface area contributed by atoms with Gasteiger partial charge in [0.2, 0.25) is 0 Å². The number of benzene rings is 2. The quantitative estimate of drug-likeness (QED) is 0.890. The standard InChI is InChI=1S/C15H14BrClO2/c1-9-7-10(4-6-14(9)19-2)15(18)11-3-5-13(17)12(16)8-11/h3-8,15,18H,1-2H3. The van der Waals surface area contributed by atoms with E-state index >= 15 is 0 Å². The molecule has 0 aromatic heterocycles. The third-order valence-electron chi connectivity index (χ3n) is 2.99. The molecule has 2 aromatic carbocycles. The lowest BCUT2D eigenvalue weighted by Gasteiger charge is -2.14. The summed E-state index contributed by atoms with van der Waals surface area (Å²) in [4.78, 5) is 0. The molecule has 0 aliphatic rings. The molecule has 19 heavy (non-hydrogen) atoms. The Morgan fingerprint density at radius 2 is 1.79 bits per heavy atom. The maximum atomic E-state index is 10.4. The van der Waals surface area contributed by atoms with Crippen molar-refractivity contribution in [3.8, 4) is 5.75 Å². The molecule has 100 valence electrons. The second kappa shape index (κ2) is 5.95. The van der Waals surface area contributed by atoms with Crippen LogP contribution in [0.2, 0.25) is 5.02 Å². The van der Waals surface area contributed by atoms with E-state index in [0.717, 1.165) is 26.9 Å². The van der Waals surface area contributed by atoms with Gasteiger partial charge in [0.05, 0.1) is 12.1 Å². The van der Waals surface area contributed by atoms with Gasteiger partial charge in [-0.25, -0.2) is 0 Å². The van der Waals surface area contributed by atoms with E-state index < -0.39 is 6.10 Å². The molecule has 2 nitrogen and oxygen atoms in total. The summed E-state index contributed by atoms with van der Waals surface area (Å²) in [5, 5.41) is 11.0. The van der Waals surface area contributed by atoms with Gasteiger partial charge in [0.25, 0.3) is 0 Å². The summed E-state index contributed by atoms with van der Waals surface area (Å²) in [5.41, 5.74) is 2.61. The van der Waals surface area contributed by atoms with E-state index in [1.54, 1.807) is 13.2 Å². The molecule has 2 aromatic rings. The Bertz CT molecular complexity index is 599. The molecule has 4 heteroatoms. The van der Waals surface area contributed by atoms with E-state index in [1.807, 2.05) is 37.3 Å². The van der Waals surface area contributed by atoms with Gasteiger partial charge in [-0.1, -0.05) is 23.7 Å². The van der Waals surface area contributed by atoms with Gasteiger partial charge >= 0.3 is 0 Å². The van der Waals surface area contributed by atoms with Crippen molar-refractivity contribution >= 4 is 27.5 Å². The van der Waals surface area contributed by atoms with Gasteiger partial charge in [-0.15, -0.1) is 0 Å². The van der Waals surface area contributed by atoms with Crippen molar-refractivity contribution in [2.24, 2.45) is 0 Å². The fourth-order valence-corrected chi connectivity index (χ4v) is 2.46.